The number of ether oxygens (including phenoxy) is 1. The van der Waals surface area contributed by atoms with E-state index in [0.29, 0.717) is 5.75 Å². The van der Waals surface area contributed by atoms with Gasteiger partial charge in [0, 0.05) is 17.8 Å². The van der Waals surface area contributed by atoms with Crippen LogP contribution in [0.4, 0.5) is 22.9 Å². The van der Waals surface area contributed by atoms with E-state index in [1.54, 1.807) is 12.1 Å². The molecule has 3 rings (SSSR count). The molecule has 28 heavy (non-hydrogen) atoms. The fourth-order valence-corrected chi connectivity index (χ4v) is 2.43. The monoisotopic (exact) mass is 381 g/mol. The molecule has 0 saturated carbocycles. The lowest BCUT2D eigenvalue weighted by Crippen LogP contribution is -2.03. The van der Waals surface area contributed by atoms with Crippen LogP contribution in [-0.2, 0) is 6.42 Å². The van der Waals surface area contributed by atoms with Crippen molar-refractivity contribution >= 4 is 22.9 Å². The minimum atomic E-state index is -0.671. The molecule has 0 unspecified atom stereocenters. The molecular weight excluding hydrogens is 366 g/mol. The number of aromatic nitrogens is 2. The summed E-state index contributed by atoms with van der Waals surface area (Å²) in [6.45, 7) is 2.01. The molecule has 3 aromatic rings. The van der Waals surface area contributed by atoms with Gasteiger partial charge in [-0.05, 0) is 30.2 Å². The highest BCUT2D eigenvalue weighted by atomic mass is 16.6. The lowest BCUT2D eigenvalue weighted by Gasteiger charge is -2.09. The fourth-order valence-electron chi connectivity index (χ4n) is 2.43. The number of rotatable bonds is 7. The molecule has 0 fully saturated rings. The number of non-ortho nitro benzene ring substituents is 1. The van der Waals surface area contributed by atoms with Crippen LogP contribution in [0, 0.1) is 20.2 Å². The summed E-state index contributed by atoms with van der Waals surface area (Å²) in [7, 11) is 0. The van der Waals surface area contributed by atoms with Crippen LogP contribution in [0.25, 0.3) is 0 Å². The van der Waals surface area contributed by atoms with E-state index in [1.165, 1.54) is 24.3 Å². The lowest BCUT2D eigenvalue weighted by molar-refractivity contribution is -0.385. The van der Waals surface area contributed by atoms with Gasteiger partial charge in [-0.3, -0.25) is 20.2 Å². The van der Waals surface area contributed by atoms with Gasteiger partial charge in [-0.15, -0.1) is 0 Å². The summed E-state index contributed by atoms with van der Waals surface area (Å²) in [5.74, 6) is 0.0122. The van der Waals surface area contributed by atoms with Gasteiger partial charge in [-0.25, -0.2) is 4.98 Å². The predicted octanol–water partition coefficient (Wildman–Crippen LogP) is 4.39. The first-order valence-corrected chi connectivity index (χ1v) is 8.25. The summed E-state index contributed by atoms with van der Waals surface area (Å²) in [6, 6.07) is 12.6. The van der Waals surface area contributed by atoms with Crippen molar-refractivity contribution in [3.8, 4) is 11.6 Å². The molecule has 0 atom stereocenters. The average molecular weight is 381 g/mol. The quantitative estimate of drug-likeness (QED) is 0.470. The fraction of sp³-hybridized carbons (Fsp3) is 0.111. The molecule has 1 aromatic heterocycles. The van der Waals surface area contributed by atoms with Gasteiger partial charge >= 0.3 is 11.6 Å². The normalized spacial score (nSPS) is 10.3. The molecule has 0 aliphatic heterocycles. The second-order valence-corrected chi connectivity index (χ2v) is 5.67. The van der Waals surface area contributed by atoms with Gasteiger partial charge in [0.2, 0.25) is 5.82 Å². The Balaban J connectivity index is 1.94. The number of nitrogens with zero attached hydrogens (tertiary/aromatic N) is 4. The molecule has 1 heterocycles. The van der Waals surface area contributed by atoms with Crippen molar-refractivity contribution in [3.63, 3.8) is 0 Å². The van der Waals surface area contributed by atoms with E-state index in [9.17, 15) is 20.2 Å². The van der Waals surface area contributed by atoms with Crippen LogP contribution in [0.1, 0.15) is 12.5 Å². The Hall–Kier alpha value is -4.08. The number of nitrogens with one attached hydrogen (secondary N) is 1. The van der Waals surface area contributed by atoms with Crippen LogP contribution >= 0.6 is 0 Å². The molecule has 10 heteroatoms. The smallest absolute Gasteiger partial charge is 0.373 e. The Morgan fingerprint density at radius 2 is 1.79 bits per heavy atom. The highest BCUT2D eigenvalue weighted by Gasteiger charge is 2.25. The number of benzene rings is 2. The van der Waals surface area contributed by atoms with Crippen LogP contribution in [0.2, 0.25) is 0 Å². The first kappa shape index (κ1) is 18.7. The minimum Gasteiger partial charge on any atom is -0.434 e. The third-order valence-corrected chi connectivity index (χ3v) is 3.84. The van der Waals surface area contributed by atoms with Crippen LogP contribution in [-0.4, -0.2) is 19.8 Å². The number of nitro groups is 2. The third kappa shape index (κ3) is 4.18. The summed E-state index contributed by atoms with van der Waals surface area (Å²) < 4.78 is 5.57. The standard InChI is InChI=1S/C18H15N5O5/c1-2-12-6-8-15(9-7-12)28-18-16(23(26)27)17(19-11-20-18)21-13-4-3-5-14(10-13)22(24)25/h3-11H,2H2,1H3,(H,19,20,21). The predicted molar refractivity (Wildman–Crippen MR) is 101 cm³/mol. The number of hydrogen-bond donors (Lipinski definition) is 1. The van der Waals surface area contributed by atoms with Gasteiger partial charge in [-0.1, -0.05) is 25.1 Å². The van der Waals surface area contributed by atoms with Gasteiger partial charge in [0.25, 0.3) is 5.69 Å². The summed E-state index contributed by atoms with van der Waals surface area (Å²) >= 11 is 0. The van der Waals surface area contributed by atoms with Crippen LogP contribution < -0.4 is 10.1 Å². The Morgan fingerprint density at radius 3 is 2.43 bits per heavy atom. The molecule has 0 spiro atoms. The van der Waals surface area contributed by atoms with Crippen molar-refractivity contribution in [2.45, 2.75) is 13.3 Å². The largest absolute Gasteiger partial charge is 0.434 e. The van der Waals surface area contributed by atoms with Crippen molar-refractivity contribution < 1.29 is 14.6 Å². The van der Waals surface area contributed by atoms with Gasteiger partial charge in [0.15, 0.2) is 0 Å². The molecule has 0 bridgehead atoms. The Labute approximate surface area is 159 Å². The summed E-state index contributed by atoms with van der Waals surface area (Å²) in [5.41, 5.74) is 0.731. The van der Waals surface area contributed by atoms with Crippen molar-refractivity contribution in [2.24, 2.45) is 0 Å². The molecule has 142 valence electrons. The van der Waals surface area contributed by atoms with Crippen LogP contribution in [0.5, 0.6) is 11.6 Å². The van der Waals surface area contributed by atoms with E-state index < -0.39 is 15.5 Å². The maximum atomic E-state index is 11.6. The van der Waals surface area contributed by atoms with Crippen molar-refractivity contribution in [1.29, 1.82) is 0 Å². The molecule has 2 aromatic carbocycles. The van der Waals surface area contributed by atoms with Gasteiger partial charge in [0.05, 0.1) is 9.85 Å². The summed E-state index contributed by atoms with van der Waals surface area (Å²) in [5, 5.41) is 25.2. The van der Waals surface area contributed by atoms with Crippen molar-refractivity contribution in [3.05, 3.63) is 80.7 Å². The zero-order valence-corrected chi connectivity index (χ0v) is 14.7. The highest BCUT2D eigenvalue weighted by molar-refractivity contribution is 5.69. The number of hydrogen-bond acceptors (Lipinski definition) is 8. The summed E-state index contributed by atoms with van der Waals surface area (Å²) in [6.07, 6.45) is 1.97. The first-order valence-electron chi connectivity index (χ1n) is 8.25. The molecule has 0 radical (unpaired) electrons. The van der Waals surface area contributed by atoms with Gasteiger partial charge in [-0.2, -0.15) is 4.98 Å². The van der Waals surface area contributed by atoms with Gasteiger partial charge in [0.1, 0.15) is 12.1 Å². The lowest BCUT2D eigenvalue weighted by atomic mass is 10.2. The maximum absolute atomic E-state index is 11.6. The van der Waals surface area contributed by atoms with Crippen molar-refractivity contribution in [2.75, 3.05) is 5.32 Å². The van der Waals surface area contributed by atoms with E-state index >= 15 is 0 Å². The highest BCUT2D eigenvalue weighted by Crippen LogP contribution is 2.35. The van der Waals surface area contributed by atoms with Crippen LogP contribution in [0.15, 0.2) is 54.9 Å². The first-order chi connectivity index (χ1) is 13.5. The van der Waals surface area contributed by atoms with Gasteiger partial charge < -0.3 is 10.1 Å². The molecule has 0 saturated heterocycles. The number of aryl methyl sites for hydroxylation is 1. The average Bonchev–Trinajstić information content (AvgIpc) is 2.68. The van der Waals surface area contributed by atoms with E-state index in [4.69, 9.17) is 4.74 Å². The Bertz CT molecular complexity index is 1020. The molecule has 0 amide bonds. The second kappa shape index (κ2) is 8.08. The topological polar surface area (TPSA) is 133 Å². The number of anilines is 2. The molecule has 10 nitrogen and oxygen atoms in total. The molecule has 1 N–H and O–H groups in total. The zero-order valence-electron chi connectivity index (χ0n) is 14.7. The van der Waals surface area contributed by atoms with E-state index in [-0.39, 0.29) is 23.1 Å². The van der Waals surface area contributed by atoms with E-state index in [1.807, 2.05) is 19.1 Å². The molecule has 0 aliphatic rings. The Kier molecular flexibility index (Phi) is 5.40. The van der Waals surface area contributed by atoms with E-state index in [2.05, 4.69) is 15.3 Å². The van der Waals surface area contributed by atoms with Crippen LogP contribution in [0.3, 0.4) is 0 Å². The van der Waals surface area contributed by atoms with E-state index in [0.717, 1.165) is 18.3 Å². The summed E-state index contributed by atoms with van der Waals surface area (Å²) in [4.78, 5) is 29.0. The molecule has 0 aliphatic carbocycles. The molecular formula is C18H15N5O5. The SMILES string of the molecule is CCc1ccc(Oc2ncnc(Nc3cccc([N+](=O)[O-])c3)c2[N+](=O)[O-])cc1. The Morgan fingerprint density at radius 1 is 1.04 bits per heavy atom. The zero-order chi connectivity index (χ0) is 20.1. The number of nitro benzene ring substituents is 1. The third-order valence-electron chi connectivity index (χ3n) is 3.84. The van der Waals surface area contributed by atoms with Crippen molar-refractivity contribution in [1.82, 2.24) is 9.97 Å². The maximum Gasteiger partial charge on any atom is 0.373 e. The second-order valence-electron chi connectivity index (χ2n) is 5.67. The minimum absolute atomic E-state index is 0.138.